The minimum Gasteiger partial charge on any atom is -0.511 e. The highest BCUT2D eigenvalue weighted by molar-refractivity contribution is 6.71. The molecule has 9 heteroatoms. The highest BCUT2D eigenvalue weighted by Gasteiger charge is 2.49. The largest absolute Gasteiger partial charge is 0.511 e. The van der Waals surface area contributed by atoms with E-state index in [9.17, 15) is 0 Å². The Morgan fingerprint density at radius 1 is 0.444 bits per heavy atom. The molecule has 1 heterocycles. The Kier molecular flexibility index (Phi) is 13.3. The molecule has 0 aliphatic carbocycles. The third-order valence-corrected chi connectivity index (χ3v) is 11.2. The molecule has 1 aliphatic rings. The van der Waals surface area contributed by atoms with Gasteiger partial charge >= 0.3 is 8.56 Å². The molecule has 45 heavy (non-hydrogen) atoms. The van der Waals surface area contributed by atoms with Gasteiger partial charge in [0.2, 0.25) is 0 Å². The van der Waals surface area contributed by atoms with Crippen LogP contribution in [0.5, 0.6) is 11.5 Å². The zero-order valence-electron chi connectivity index (χ0n) is 31.0. The normalized spacial score (nSPS) is 15.2. The van der Waals surface area contributed by atoms with Crippen LogP contribution < -0.4 is 8.85 Å². The van der Waals surface area contributed by atoms with Crippen molar-refractivity contribution < 1.29 is 8.85 Å². The minimum absolute atomic E-state index is 0.809. The van der Waals surface area contributed by atoms with E-state index in [0.717, 1.165) is 62.9 Å². The fourth-order valence-corrected chi connectivity index (χ4v) is 10.3. The number of nitrogens with zero attached hydrogens (tertiary/aromatic N) is 6. The van der Waals surface area contributed by atoms with Crippen LogP contribution in [-0.2, 0) is 39.3 Å². The summed E-state index contributed by atoms with van der Waals surface area (Å²) in [5.41, 5.74) is 10.4. The molecule has 0 fully saturated rings. The van der Waals surface area contributed by atoms with Gasteiger partial charge in [-0.3, -0.25) is 0 Å². The van der Waals surface area contributed by atoms with Crippen LogP contribution in [0, 0.1) is 0 Å². The van der Waals surface area contributed by atoms with Crippen molar-refractivity contribution in [1.29, 1.82) is 0 Å². The van der Waals surface area contributed by atoms with Crippen molar-refractivity contribution >= 4 is 8.56 Å². The summed E-state index contributed by atoms with van der Waals surface area (Å²) in [4.78, 5) is 13.4. The van der Waals surface area contributed by atoms with Crippen molar-refractivity contribution in [3.05, 3.63) is 68.8 Å². The molecule has 1 aliphatic heterocycles. The number of rotatable bonds is 16. The number of hydrogen-bond donors (Lipinski definition) is 0. The molecule has 0 atom stereocenters. The average molecular weight is 639 g/mol. The maximum atomic E-state index is 7.52. The van der Waals surface area contributed by atoms with E-state index in [4.69, 9.17) is 8.85 Å². The summed E-state index contributed by atoms with van der Waals surface area (Å²) in [5.74, 6) is 2.03. The topological polar surface area (TPSA) is 37.9 Å². The Morgan fingerprint density at radius 3 is 0.911 bits per heavy atom. The van der Waals surface area contributed by atoms with Gasteiger partial charge in [-0.25, -0.2) is 0 Å². The van der Waals surface area contributed by atoms with Gasteiger partial charge in [0.25, 0.3) is 0 Å². The average Bonchev–Trinajstić information content (AvgIpc) is 3.14. The lowest BCUT2D eigenvalue weighted by molar-refractivity contribution is 0.339. The van der Waals surface area contributed by atoms with Crippen molar-refractivity contribution in [2.45, 2.75) is 65.2 Å². The SMILES string of the molecule is CC1=C(C)C[Si](Oc2c(CN(C)C)cc(CN(C)C)cc2CN(C)C)(Oc2c(CN(C)C)cc(CN(C)C)cc2CN(C)C)C1. The van der Waals surface area contributed by atoms with Gasteiger partial charge in [0.15, 0.2) is 0 Å². The van der Waals surface area contributed by atoms with E-state index in [-0.39, 0.29) is 0 Å². The maximum Gasteiger partial charge on any atom is 0.468 e. The molecule has 0 amide bonds. The van der Waals surface area contributed by atoms with Crippen LogP contribution in [0.3, 0.4) is 0 Å². The molecular weight excluding hydrogens is 577 g/mol. The molecular formula is C36H62N6O2Si. The molecule has 0 saturated carbocycles. The second kappa shape index (κ2) is 16.0. The molecule has 2 aromatic rings. The summed E-state index contributed by atoms with van der Waals surface area (Å²) in [6.45, 7) is 9.55. The lowest BCUT2D eigenvalue weighted by Gasteiger charge is -2.34. The monoisotopic (exact) mass is 638 g/mol. The lowest BCUT2D eigenvalue weighted by atomic mass is 10.0. The molecule has 0 unspecified atom stereocenters. The molecule has 2 aromatic carbocycles. The van der Waals surface area contributed by atoms with Crippen LogP contribution in [-0.4, -0.2) is 123 Å². The van der Waals surface area contributed by atoms with Crippen LogP contribution in [0.15, 0.2) is 35.4 Å². The first-order valence-corrected chi connectivity index (χ1v) is 18.4. The summed E-state index contributed by atoms with van der Waals surface area (Å²) >= 11 is 0. The molecule has 0 spiro atoms. The zero-order chi connectivity index (χ0) is 33.6. The van der Waals surface area contributed by atoms with Crippen LogP contribution in [0.4, 0.5) is 0 Å². The van der Waals surface area contributed by atoms with Gasteiger partial charge in [-0.2, -0.15) is 0 Å². The highest BCUT2D eigenvalue weighted by Crippen LogP contribution is 2.43. The molecule has 0 radical (unpaired) electrons. The summed E-state index contributed by atoms with van der Waals surface area (Å²) < 4.78 is 15.0. The molecule has 0 aromatic heterocycles. The summed E-state index contributed by atoms with van der Waals surface area (Å²) in [7, 11) is 22.8. The zero-order valence-corrected chi connectivity index (χ0v) is 32.0. The van der Waals surface area contributed by atoms with Gasteiger partial charge in [0.1, 0.15) is 11.5 Å². The fraction of sp³-hybridized carbons (Fsp3) is 0.611. The molecule has 0 N–H and O–H groups in total. The smallest absolute Gasteiger partial charge is 0.468 e. The molecule has 8 nitrogen and oxygen atoms in total. The standard InChI is InChI=1S/C36H62N6O2Si/c1-27-25-45(26-28(27)2,43-35-31(21-39(7)8)15-29(19-37(3)4)16-32(35)22-40(9)10)44-36-33(23-41(11)12)17-30(20-38(5)6)18-34(36)24-42(13)14/h15-18H,19-26H2,1-14H3. The van der Waals surface area contributed by atoms with Gasteiger partial charge in [0.05, 0.1) is 0 Å². The fourth-order valence-electron chi connectivity index (χ4n) is 6.37. The Balaban J connectivity index is 2.24. The Bertz CT molecular complexity index is 1160. The first-order chi connectivity index (χ1) is 21.0. The van der Waals surface area contributed by atoms with Crippen molar-refractivity contribution in [2.24, 2.45) is 0 Å². The van der Waals surface area contributed by atoms with Crippen molar-refractivity contribution in [3.8, 4) is 11.5 Å². The second-order valence-electron chi connectivity index (χ2n) is 14.9. The van der Waals surface area contributed by atoms with Gasteiger partial charge in [-0.1, -0.05) is 11.1 Å². The van der Waals surface area contributed by atoms with E-state index in [0.29, 0.717) is 0 Å². The number of hydrogen-bond acceptors (Lipinski definition) is 8. The van der Waals surface area contributed by atoms with Gasteiger partial charge in [0, 0.05) is 73.6 Å². The molecule has 0 saturated heterocycles. The predicted octanol–water partition coefficient (Wildman–Crippen LogP) is 5.31. The Morgan fingerprint density at radius 2 is 0.689 bits per heavy atom. The number of benzene rings is 2. The molecule has 0 bridgehead atoms. The van der Waals surface area contributed by atoms with Crippen LogP contribution in [0.1, 0.15) is 47.2 Å². The highest BCUT2D eigenvalue weighted by atomic mass is 28.4. The lowest BCUT2D eigenvalue weighted by Crippen LogP contribution is -2.47. The molecule has 252 valence electrons. The van der Waals surface area contributed by atoms with Crippen molar-refractivity contribution in [1.82, 2.24) is 29.4 Å². The van der Waals surface area contributed by atoms with E-state index < -0.39 is 8.56 Å². The third kappa shape index (κ3) is 10.9. The second-order valence-corrected chi connectivity index (χ2v) is 17.9. The van der Waals surface area contributed by atoms with Gasteiger partial charge in [-0.15, -0.1) is 0 Å². The first kappa shape index (κ1) is 37.2. The van der Waals surface area contributed by atoms with E-state index in [1.165, 1.54) is 44.5 Å². The van der Waals surface area contributed by atoms with Crippen molar-refractivity contribution in [2.75, 3.05) is 84.6 Å². The third-order valence-electron chi connectivity index (χ3n) is 7.92. The van der Waals surface area contributed by atoms with Crippen molar-refractivity contribution in [3.63, 3.8) is 0 Å². The van der Waals surface area contributed by atoms with Gasteiger partial charge in [-0.05, 0) is 134 Å². The van der Waals surface area contributed by atoms with Gasteiger partial charge < -0.3 is 38.3 Å². The van der Waals surface area contributed by atoms with Crippen LogP contribution in [0.25, 0.3) is 0 Å². The van der Waals surface area contributed by atoms with Crippen LogP contribution in [0.2, 0.25) is 12.1 Å². The van der Waals surface area contributed by atoms with E-state index in [2.05, 4.69) is 152 Å². The predicted molar refractivity (Wildman–Crippen MR) is 192 cm³/mol. The first-order valence-electron chi connectivity index (χ1n) is 16.2. The van der Waals surface area contributed by atoms with E-state index in [1.54, 1.807) is 0 Å². The van der Waals surface area contributed by atoms with E-state index >= 15 is 0 Å². The van der Waals surface area contributed by atoms with Crippen LogP contribution >= 0.6 is 0 Å². The Hall–Kier alpha value is -2.24. The summed E-state index contributed by atoms with van der Waals surface area (Å²) in [5, 5.41) is 0. The summed E-state index contributed by atoms with van der Waals surface area (Å²) in [6.07, 6.45) is 0. The maximum absolute atomic E-state index is 7.52. The van der Waals surface area contributed by atoms with E-state index in [1.807, 2.05) is 0 Å². The minimum atomic E-state index is -2.84. The Labute approximate surface area is 276 Å². The molecule has 3 rings (SSSR count). The quantitative estimate of drug-likeness (QED) is 0.181. The summed E-state index contributed by atoms with van der Waals surface area (Å²) in [6, 6.07) is 11.1. The number of allylic oxidation sites excluding steroid dienone is 2.